The lowest BCUT2D eigenvalue weighted by Crippen LogP contribution is -2.16. The summed E-state index contributed by atoms with van der Waals surface area (Å²) in [4.78, 5) is 0. The average Bonchev–Trinajstić information content (AvgIpc) is 2.35. The van der Waals surface area contributed by atoms with E-state index in [0.29, 0.717) is 18.7 Å². The van der Waals surface area contributed by atoms with E-state index in [0.717, 1.165) is 25.0 Å². The molecule has 0 bridgehead atoms. The minimum Gasteiger partial charge on any atom is -0.503 e. The van der Waals surface area contributed by atoms with Crippen LogP contribution in [-0.2, 0) is 6.54 Å². The van der Waals surface area contributed by atoms with Crippen LogP contribution in [0.1, 0.15) is 25.3 Å². The van der Waals surface area contributed by atoms with Crippen LogP contribution in [0.2, 0.25) is 0 Å². The van der Waals surface area contributed by atoms with Crippen molar-refractivity contribution in [3.05, 3.63) is 29.3 Å². The van der Waals surface area contributed by atoms with Crippen molar-refractivity contribution in [3.8, 4) is 5.75 Å². The van der Waals surface area contributed by atoms with Crippen LogP contribution in [0.25, 0.3) is 0 Å². The van der Waals surface area contributed by atoms with Crippen LogP contribution >= 0.6 is 0 Å². The van der Waals surface area contributed by atoms with E-state index in [-0.39, 0.29) is 12.5 Å². The molecule has 0 aliphatic carbocycles. The van der Waals surface area contributed by atoms with Crippen molar-refractivity contribution in [3.63, 3.8) is 0 Å². The van der Waals surface area contributed by atoms with Crippen molar-refractivity contribution >= 4 is 0 Å². The molecule has 0 radical (unpaired) electrons. The summed E-state index contributed by atoms with van der Waals surface area (Å²) in [5, 5.41) is 20.8. The Hall–Kier alpha value is -1.20. The first kappa shape index (κ1) is 14.9. The lowest BCUT2D eigenvalue weighted by atomic mass is 10.1. The van der Waals surface area contributed by atoms with Crippen molar-refractivity contribution in [1.29, 1.82) is 0 Å². The summed E-state index contributed by atoms with van der Waals surface area (Å²) in [5.74, 6) is -2.55. The van der Waals surface area contributed by atoms with Gasteiger partial charge in [0.1, 0.15) is 0 Å². The zero-order valence-electron chi connectivity index (χ0n) is 10.4. The van der Waals surface area contributed by atoms with Gasteiger partial charge in [-0.25, -0.2) is 8.78 Å². The van der Waals surface area contributed by atoms with Gasteiger partial charge < -0.3 is 15.5 Å². The lowest BCUT2D eigenvalue weighted by molar-refractivity contribution is 0.228. The zero-order valence-corrected chi connectivity index (χ0v) is 10.4. The van der Waals surface area contributed by atoms with Crippen LogP contribution < -0.4 is 5.32 Å². The van der Waals surface area contributed by atoms with E-state index in [9.17, 15) is 8.78 Å². The third-order valence-corrected chi connectivity index (χ3v) is 2.77. The van der Waals surface area contributed by atoms with Crippen LogP contribution in [0.5, 0.6) is 5.75 Å². The first-order chi connectivity index (χ1) is 8.54. The fourth-order valence-corrected chi connectivity index (χ4v) is 1.62. The predicted octanol–water partition coefficient (Wildman–Crippen LogP) is 2.17. The fraction of sp³-hybridized carbons (Fsp3) is 0.538. The summed E-state index contributed by atoms with van der Waals surface area (Å²) in [6.07, 6.45) is 1.80. The van der Waals surface area contributed by atoms with Gasteiger partial charge in [-0.15, -0.1) is 0 Å². The Labute approximate surface area is 105 Å². The van der Waals surface area contributed by atoms with Crippen LogP contribution in [0.3, 0.4) is 0 Å². The number of nitrogens with one attached hydrogen (secondary N) is 1. The SMILES string of the molecule is CC(CO)CCCNCc1cc(F)c(O)c(F)c1. The highest BCUT2D eigenvalue weighted by atomic mass is 19.1. The van der Waals surface area contributed by atoms with Crippen LogP contribution in [0.15, 0.2) is 12.1 Å². The molecule has 1 aromatic rings. The van der Waals surface area contributed by atoms with Crippen molar-refractivity contribution in [1.82, 2.24) is 5.32 Å². The van der Waals surface area contributed by atoms with Gasteiger partial charge in [-0.2, -0.15) is 0 Å². The first-order valence-corrected chi connectivity index (χ1v) is 6.03. The Balaban J connectivity index is 2.32. The predicted molar refractivity (Wildman–Crippen MR) is 65.2 cm³/mol. The third-order valence-electron chi connectivity index (χ3n) is 2.77. The molecule has 0 aromatic heterocycles. The Morgan fingerprint density at radius 3 is 2.44 bits per heavy atom. The van der Waals surface area contributed by atoms with Gasteiger partial charge in [-0.1, -0.05) is 6.92 Å². The number of rotatable bonds is 7. The minimum atomic E-state index is -0.944. The molecule has 0 saturated carbocycles. The number of halogens is 2. The van der Waals surface area contributed by atoms with E-state index < -0.39 is 17.4 Å². The van der Waals surface area contributed by atoms with Gasteiger partial charge in [0.2, 0.25) is 0 Å². The largest absolute Gasteiger partial charge is 0.503 e. The molecule has 5 heteroatoms. The summed E-state index contributed by atoms with van der Waals surface area (Å²) < 4.78 is 26.0. The Kier molecular flexibility index (Phi) is 6.01. The number of aliphatic hydroxyl groups is 1. The van der Waals surface area contributed by atoms with Crippen LogP contribution in [0.4, 0.5) is 8.78 Å². The molecule has 18 heavy (non-hydrogen) atoms. The van der Waals surface area contributed by atoms with Gasteiger partial charge in [0.05, 0.1) is 0 Å². The van der Waals surface area contributed by atoms with Crippen molar-refractivity contribution in [2.75, 3.05) is 13.2 Å². The highest BCUT2D eigenvalue weighted by Crippen LogP contribution is 2.21. The lowest BCUT2D eigenvalue weighted by Gasteiger charge is -2.09. The van der Waals surface area contributed by atoms with Crippen molar-refractivity contribution < 1.29 is 19.0 Å². The number of benzene rings is 1. The Morgan fingerprint density at radius 1 is 1.28 bits per heavy atom. The molecule has 1 rings (SSSR count). The maximum absolute atomic E-state index is 13.0. The third kappa shape index (κ3) is 4.58. The molecule has 102 valence electrons. The van der Waals surface area contributed by atoms with Crippen molar-refractivity contribution in [2.24, 2.45) is 5.92 Å². The van der Waals surface area contributed by atoms with E-state index in [2.05, 4.69) is 5.32 Å². The van der Waals surface area contributed by atoms with E-state index in [4.69, 9.17) is 10.2 Å². The van der Waals surface area contributed by atoms with Crippen LogP contribution in [0, 0.1) is 17.6 Å². The highest BCUT2D eigenvalue weighted by molar-refractivity contribution is 5.29. The second-order valence-electron chi connectivity index (χ2n) is 4.51. The number of aliphatic hydroxyl groups excluding tert-OH is 1. The standard InChI is InChI=1S/C13H19F2NO2/c1-9(8-17)3-2-4-16-7-10-5-11(14)13(18)12(15)6-10/h5-6,9,16-18H,2-4,7-8H2,1H3. The first-order valence-electron chi connectivity index (χ1n) is 6.03. The zero-order chi connectivity index (χ0) is 13.5. The molecule has 3 N–H and O–H groups in total. The summed E-state index contributed by atoms with van der Waals surface area (Å²) in [6, 6.07) is 2.23. The Morgan fingerprint density at radius 2 is 1.89 bits per heavy atom. The molecule has 0 fully saturated rings. The molecule has 1 aromatic carbocycles. The molecule has 0 aliphatic rings. The topological polar surface area (TPSA) is 52.5 Å². The quantitative estimate of drug-likeness (QED) is 0.658. The number of aromatic hydroxyl groups is 1. The smallest absolute Gasteiger partial charge is 0.187 e. The molecule has 1 atom stereocenters. The number of phenolic OH excluding ortho intramolecular Hbond substituents is 1. The average molecular weight is 259 g/mol. The van der Waals surface area contributed by atoms with Gasteiger partial charge in [0.25, 0.3) is 0 Å². The summed E-state index contributed by atoms with van der Waals surface area (Å²) in [7, 11) is 0. The molecule has 0 saturated heterocycles. The Bertz CT molecular complexity index is 362. The van der Waals surface area contributed by atoms with Crippen molar-refractivity contribution in [2.45, 2.75) is 26.3 Å². The summed E-state index contributed by atoms with van der Waals surface area (Å²) >= 11 is 0. The molecule has 0 amide bonds. The molecule has 0 aliphatic heterocycles. The molecule has 1 unspecified atom stereocenters. The van der Waals surface area contributed by atoms with Gasteiger partial charge in [0, 0.05) is 13.2 Å². The maximum atomic E-state index is 13.0. The molecule has 3 nitrogen and oxygen atoms in total. The second-order valence-corrected chi connectivity index (χ2v) is 4.51. The fourth-order valence-electron chi connectivity index (χ4n) is 1.62. The van der Waals surface area contributed by atoms with Gasteiger partial charge in [0.15, 0.2) is 17.4 Å². The molecular formula is C13H19F2NO2. The number of hydrogen-bond acceptors (Lipinski definition) is 3. The number of phenols is 1. The van der Waals surface area contributed by atoms with E-state index in [1.165, 1.54) is 0 Å². The molecule has 0 heterocycles. The highest BCUT2D eigenvalue weighted by Gasteiger charge is 2.09. The minimum absolute atomic E-state index is 0.175. The van der Waals surface area contributed by atoms with Crippen LogP contribution in [-0.4, -0.2) is 23.4 Å². The maximum Gasteiger partial charge on any atom is 0.187 e. The van der Waals surface area contributed by atoms with E-state index in [1.54, 1.807) is 0 Å². The molecular weight excluding hydrogens is 240 g/mol. The monoisotopic (exact) mass is 259 g/mol. The van der Waals surface area contributed by atoms with Gasteiger partial charge in [-0.3, -0.25) is 0 Å². The molecule has 0 spiro atoms. The van der Waals surface area contributed by atoms with Gasteiger partial charge in [-0.05, 0) is 43.0 Å². The normalized spacial score (nSPS) is 12.7. The second kappa shape index (κ2) is 7.28. The van der Waals surface area contributed by atoms with Gasteiger partial charge >= 0.3 is 0 Å². The summed E-state index contributed by atoms with van der Waals surface area (Å²) in [6.45, 7) is 3.20. The summed E-state index contributed by atoms with van der Waals surface area (Å²) in [5.41, 5.74) is 0.456. The van der Waals surface area contributed by atoms with E-state index in [1.807, 2.05) is 6.92 Å². The van der Waals surface area contributed by atoms with E-state index >= 15 is 0 Å². The number of hydrogen-bond donors (Lipinski definition) is 3.